The Morgan fingerprint density at radius 1 is 1.28 bits per heavy atom. The smallest absolute Gasteiger partial charge is 0.128 e. The fraction of sp³-hybridized carbons (Fsp3) is 0.467. The van der Waals surface area contributed by atoms with E-state index in [1.54, 1.807) is 0 Å². The van der Waals surface area contributed by atoms with Gasteiger partial charge in [0.05, 0.1) is 19.8 Å². The molecule has 0 spiro atoms. The maximum Gasteiger partial charge on any atom is 0.128 e. The molecule has 0 aliphatic rings. The highest BCUT2D eigenvalue weighted by molar-refractivity contribution is 5.40. The summed E-state index contributed by atoms with van der Waals surface area (Å²) >= 11 is 0. The van der Waals surface area contributed by atoms with Crippen LogP contribution in [0.15, 0.2) is 18.2 Å². The van der Waals surface area contributed by atoms with Gasteiger partial charge in [-0.2, -0.15) is 0 Å². The Hall–Kier alpha value is -1.66. The molecule has 98 valence electrons. The van der Waals surface area contributed by atoms with Crippen LogP contribution in [-0.2, 0) is 6.61 Å². The molecular weight excluding hydrogens is 228 g/mol. The molecule has 0 atom stereocenters. The molecule has 1 N–H and O–H groups in total. The molecule has 3 nitrogen and oxygen atoms in total. The summed E-state index contributed by atoms with van der Waals surface area (Å²) in [6.07, 6.45) is 7.64. The Bertz CT molecular complexity index is 393. The normalized spacial score (nSPS) is 9.83. The molecule has 0 bridgehead atoms. The van der Waals surface area contributed by atoms with Crippen molar-refractivity contribution >= 4 is 0 Å². The van der Waals surface area contributed by atoms with Crippen LogP contribution in [-0.4, -0.2) is 18.3 Å². The maximum atomic E-state index is 9.23. The van der Waals surface area contributed by atoms with Crippen molar-refractivity contribution in [3.8, 4) is 23.8 Å². The fourth-order valence-corrected chi connectivity index (χ4v) is 1.47. The number of hydrogen-bond donors (Lipinski definition) is 1. The number of rotatable bonds is 8. The molecule has 0 heterocycles. The highest BCUT2D eigenvalue weighted by Crippen LogP contribution is 2.25. The topological polar surface area (TPSA) is 38.7 Å². The van der Waals surface area contributed by atoms with E-state index in [4.69, 9.17) is 15.9 Å². The van der Waals surface area contributed by atoms with Crippen molar-refractivity contribution in [1.29, 1.82) is 0 Å². The summed E-state index contributed by atoms with van der Waals surface area (Å²) in [5, 5.41) is 9.23. The second kappa shape index (κ2) is 8.43. The van der Waals surface area contributed by atoms with Gasteiger partial charge < -0.3 is 14.6 Å². The molecule has 0 radical (unpaired) electrons. The van der Waals surface area contributed by atoms with E-state index in [2.05, 4.69) is 12.8 Å². The number of aliphatic hydroxyl groups excluding tert-OH is 1. The van der Waals surface area contributed by atoms with Gasteiger partial charge in [0, 0.05) is 18.1 Å². The third-order valence-corrected chi connectivity index (χ3v) is 2.40. The first-order valence-electron chi connectivity index (χ1n) is 6.24. The lowest BCUT2D eigenvalue weighted by atomic mass is 10.2. The minimum atomic E-state index is -0.0431. The highest BCUT2D eigenvalue weighted by Gasteiger charge is 2.05. The minimum absolute atomic E-state index is 0.0431. The summed E-state index contributed by atoms with van der Waals surface area (Å²) in [6.45, 7) is 3.24. The van der Waals surface area contributed by atoms with Crippen molar-refractivity contribution in [2.24, 2.45) is 0 Å². The molecule has 0 saturated heterocycles. The van der Waals surface area contributed by atoms with Gasteiger partial charge in [-0.1, -0.05) is 6.92 Å². The number of ether oxygens (including phenoxy) is 2. The summed E-state index contributed by atoms with van der Waals surface area (Å²) in [5.74, 6) is 4.00. The molecule has 3 heteroatoms. The third-order valence-electron chi connectivity index (χ3n) is 2.40. The van der Waals surface area contributed by atoms with Crippen molar-refractivity contribution in [1.82, 2.24) is 0 Å². The van der Waals surface area contributed by atoms with Crippen LogP contribution < -0.4 is 9.47 Å². The Morgan fingerprint density at radius 2 is 2.11 bits per heavy atom. The van der Waals surface area contributed by atoms with Crippen LogP contribution in [0.2, 0.25) is 0 Å². The molecule has 1 aromatic rings. The quantitative estimate of drug-likeness (QED) is 0.568. The number of hydrogen-bond acceptors (Lipinski definition) is 3. The maximum absolute atomic E-state index is 9.23. The van der Waals surface area contributed by atoms with Gasteiger partial charge in [-0.3, -0.25) is 0 Å². The lowest BCUT2D eigenvalue weighted by Gasteiger charge is -2.12. The van der Waals surface area contributed by atoms with E-state index in [-0.39, 0.29) is 6.61 Å². The first kappa shape index (κ1) is 14.4. The summed E-state index contributed by atoms with van der Waals surface area (Å²) in [5.41, 5.74) is 0.763. The van der Waals surface area contributed by atoms with Gasteiger partial charge >= 0.3 is 0 Å². The lowest BCUT2D eigenvalue weighted by molar-refractivity contribution is 0.259. The van der Waals surface area contributed by atoms with Gasteiger partial charge in [0.25, 0.3) is 0 Å². The van der Waals surface area contributed by atoms with Gasteiger partial charge in [-0.05, 0) is 25.0 Å². The van der Waals surface area contributed by atoms with Crippen LogP contribution >= 0.6 is 0 Å². The molecule has 1 rings (SSSR count). The summed E-state index contributed by atoms with van der Waals surface area (Å²) in [7, 11) is 0. The zero-order valence-electron chi connectivity index (χ0n) is 10.8. The zero-order chi connectivity index (χ0) is 13.2. The van der Waals surface area contributed by atoms with Gasteiger partial charge in [-0.15, -0.1) is 12.3 Å². The van der Waals surface area contributed by atoms with E-state index >= 15 is 0 Å². The van der Waals surface area contributed by atoms with Crippen LogP contribution in [0.5, 0.6) is 11.5 Å². The van der Waals surface area contributed by atoms with Crippen molar-refractivity contribution in [2.75, 3.05) is 13.2 Å². The summed E-state index contributed by atoms with van der Waals surface area (Å²) in [6, 6.07) is 5.48. The SMILES string of the molecule is C#CCCCOc1cc(OCCC)ccc1CO. The van der Waals surface area contributed by atoms with Crippen LogP contribution in [0.3, 0.4) is 0 Å². The molecule has 0 aliphatic carbocycles. The minimum Gasteiger partial charge on any atom is -0.493 e. The predicted molar refractivity (Wildman–Crippen MR) is 71.7 cm³/mol. The average molecular weight is 248 g/mol. The van der Waals surface area contributed by atoms with Gasteiger partial charge in [-0.25, -0.2) is 0 Å². The van der Waals surface area contributed by atoms with Gasteiger partial charge in [0.2, 0.25) is 0 Å². The summed E-state index contributed by atoms with van der Waals surface area (Å²) < 4.78 is 11.1. The molecule has 0 saturated carbocycles. The number of terminal acetylenes is 1. The highest BCUT2D eigenvalue weighted by atomic mass is 16.5. The lowest BCUT2D eigenvalue weighted by Crippen LogP contribution is -2.02. The standard InChI is InChI=1S/C15H20O3/c1-3-5-6-10-18-15-11-14(17-9-4-2)8-7-13(15)12-16/h1,7-8,11,16H,4-6,9-10,12H2,2H3. The second-order valence-corrected chi connectivity index (χ2v) is 3.93. The molecule has 0 amide bonds. The molecular formula is C15H20O3. The Morgan fingerprint density at radius 3 is 2.78 bits per heavy atom. The first-order valence-corrected chi connectivity index (χ1v) is 6.24. The largest absolute Gasteiger partial charge is 0.493 e. The van der Waals surface area contributed by atoms with Crippen molar-refractivity contribution < 1.29 is 14.6 Å². The van der Waals surface area contributed by atoms with Gasteiger partial charge in [0.1, 0.15) is 11.5 Å². The van der Waals surface area contributed by atoms with Crippen LogP contribution in [0.4, 0.5) is 0 Å². The van der Waals surface area contributed by atoms with E-state index in [0.717, 1.165) is 24.2 Å². The Kier molecular flexibility index (Phi) is 6.75. The van der Waals surface area contributed by atoms with E-state index in [0.29, 0.717) is 25.4 Å². The van der Waals surface area contributed by atoms with E-state index in [9.17, 15) is 5.11 Å². The van der Waals surface area contributed by atoms with Crippen molar-refractivity contribution in [3.05, 3.63) is 23.8 Å². The fourth-order valence-electron chi connectivity index (χ4n) is 1.47. The molecule has 0 fully saturated rings. The second-order valence-electron chi connectivity index (χ2n) is 3.93. The van der Waals surface area contributed by atoms with E-state index in [1.165, 1.54) is 0 Å². The first-order chi connectivity index (χ1) is 8.81. The molecule has 0 aromatic heterocycles. The van der Waals surface area contributed by atoms with E-state index < -0.39 is 0 Å². The van der Waals surface area contributed by atoms with Crippen LogP contribution in [0.25, 0.3) is 0 Å². The third kappa shape index (κ3) is 4.68. The molecule has 0 aliphatic heterocycles. The number of unbranched alkanes of at least 4 members (excludes halogenated alkanes) is 1. The summed E-state index contributed by atoms with van der Waals surface area (Å²) in [4.78, 5) is 0. The number of aliphatic hydroxyl groups is 1. The predicted octanol–water partition coefficient (Wildman–Crippen LogP) is 2.76. The van der Waals surface area contributed by atoms with Crippen LogP contribution in [0.1, 0.15) is 31.7 Å². The van der Waals surface area contributed by atoms with Crippen molar-refractivity contribution in [3.63, 3.8) is 0 Å². The van der Waals surface area contributed by atoms with Gasteiger partial charge in [0.15, 0.2) is 0 Å². The molecule has 0 unspecified atom stereocenters. The zero-order valence-corrected chi connectivity index (χ0v) is 10.8. The number of benzene rings is 1. The Balaban J connectivity index is 2.63. The van der Waals surface area contributed by atoms with Crippen LogP contribution in [0, 0.1) is 12.3 Å². The molecule has 18 heavy (non-hydrogen) atoms. The van der Waals surface area contributed by atoms with Crippen molar-refractivity contribution in [2.45, 2.75) is 32.8 Å². The molecule has 1 aromatic carbocycles. The Labute approximate surface area is 109 Å². The van der Waals surface area contributed by atoms with E-state index in [1.807, 2.05) is 18.2 Å². The average Bonchev–Trinajstić information content (AvgIpc) is 2.41. The monoisotopic (exact) mass is 248 g/mol.